The summed E-state index contributed by atoms with van der Waals surface area (Å²) in [6.45, 7) is 5.69. The predicted molar refractivity (Wildman–Crippen MR) is 158 cm³/mol. The summed E-state index contributed by atoms with van der Waals surface area (Å²) in [6, 6.07) is 14.5. The number of ether oxygens (including phenoxy) is 2. The number of allylic oxidation sites excluding steroid dienone is 1. The topological polar surface area (TPSA) is 126 Å². The maximum absolute atomic E-state index is 14.0. The Bertz CT molecular complexity index is 1900. The van der Waals surface area contributed by atoms with Crippen LogP contribution in [-0.4, -0.2) is 29.2 Å². The first kappa shape index (κ1) is 28.7. The third-order valence-corrected chi connectivity index (χ3v) is 7.90. The van der Waals surface area contributed by atoms with Crippen molar-refractivity contribution >= 4 is 29.1 Å². The molecule has 0 saturated heterocycles. The summed E-state index contributed by atoms with van der Waals surface area (Å²) in [5.74, 6) is 0.957. The lowest BCUT2D eigenvalue weighted by Gasteiger charge is -2.26. The number of carbonyl (C=O) groups is 1. The Kier molecular flexibility index (Phi) is 8.21. The van der Waals surface area contributed by atoms with E-state index in [2.05, 4.69) is 0 Å². The van der Waals surface area contributed by atoms with E-state index in [9.17, 15) is 19.7 Å². The maximum atomic E-state index is 14.0. The maximum Gasteiger partial charge on any atom is 0.338 e. The highest BCUT2D eigenvalue weighted by atomic mass is 32.1. The molecule has 0 amide bonds. The molecule has 0 aliphatic carbocycles. The first-order valence-corrected chi connectivity index (χ1v) is 14.3. The minimum atomic E-state index is -0.796. The number of esters is 1. The van der Waals surface area contributed by atoms with Crippen LogP contribution in [-0.2, 0) is 9.53 Å². The number of thiazole rings is 1. The number of nitrogens with zero attached hydrogens (tertiary/aromatic N) is 3. The molecule has 11 heteroatoms. The average Bonchev–Trinajstić information content (AvgIpc) is 3.56. The molecule has 0 spiro atoms. The quantitative estimate of drug-likeness (QED) is 0.152. The molecule has 2 aromatic heterocycles. The summed E-state index contributed by atoms with van der Waals surface area (Å²) < 4.78 is 19.0. The van der Waals surface area contributed by atoms with E-state index in [1.54, 1.807) is 51.3 Å². The highest BCUT2D eigenvalue weighted by molar-refractivity contribution is 7.07. The molecule has 0 bridgehead atoms. The van der Waals surface area contributed by atoms with Crippen molar-refractivity contribution in [3.8, 4) is 17.1 Å². The number of hydrogen-bond donors (Lipinski definition) is 0. The van der Waals surface area contributed by atoms with Gasteiger partial charge in [-0.25, -0.2) is 9.79 Å². The number of carbonyl (C=O) groups excluding carboxylic acids is 1. The Labute approximate surface area is 245 Å². The van der Waals surface area contributed by atoms with Crippen molar-refractivity contribution in [2.45, 2.75) is 39.7 Å². The van der Waals surface area contributed by atoms with Gasteiger partial charge in [0.2, 0.25) is 0 Å². The molecule has 5 rings (SSSR count). The summed E-state index contributed by atoms with van der Waals surface area (Å²) in [4.78, 5) is 43.3. The van der Waals surface area contributed by atoms with Crippen LogP contribution in [0.25, 0.3) is 17.4 Å². The lowest BCUT2D eigenvalue weighted by Crippen LogP contribution is -2.40. The number of furan rings is 1. The van der Waals surface area contributed by atoms with Crippen LogP contribution in [0.4, 0.5) is 5.69 Å². The fourth-order valence-corrected chi connectivity index (χ4v) is 6.05. The number of nitro benzene ring substituents is 1. The van der Waals surface area contributed by atoms with Gasteiger partial charge >= 0.3 is 5.97 Å². The monoisotopic (exact) mass is 587 g/mol. The number of para-hydroxylation sites is 1. The van der Waals surface area contributed by atoms with E-state index in [1.165, 1.54) is 28.0 Å². The molecule has 42 heavy (non-hydrogen) atoms. The van der Waals surface area contributed by atoms with Gasteiger partial charge in [0.1, 0.15) is 23.3 Å². The van der Waals surface area contributed by atoms with E-state index in [-0.39, 0.29) is 17.9 Å². The van der Waals surface area contributed by atoms with Crippen molar-refractivity contribution in [3.05, 3.63) is 113 Å². The standard InChI is InChI=1S/C31H29N3O7S/c1-5-9-23-27(30(36)40-6-2)28(22-10-7-8-11-24(22)39-4)33-29(35)26(42-31(33)32-23)17-20-13-15-25(41-20)21-14-12-19(34(37)38)16-18(21)3/h7-8,10-17,28H,5-6,9H2,1-4H3/b26-17-. The Morgan fingerprint density at radius 2 is 1.98 bits per heavy atom. The van der Waals surface area contributed by atoms with Crippen LogP contribution < -0.4 is 19.6 Å². The number of nitro groups is 1. The Hall–Kier alpha value is -4.77. The first-order chi connectivity index (χ1) is 20.3. The zero-order valence-electron chi connectivity index (χ0n) is 23.6. The number of rotatable bonds is 9. The molecule has 0 fully saturated rings. The van der Waals surface area contributed by atoms with E-state index in [0.29, 0.717) is 61.0 Å². The summed E-state index contributed by atoms with van der Waals surface area (Å²) in [7, 11) is 1.55. The Morgan fingerprint density at radius 3 is 2.67 bits per heavy atom. The van der Waals surface area contributed by atoms with E-state index < -0.39 is 16.9 Å². The second-order valence-corrected chi connectivity index (χ2v) is 10.6. The van der Waals surface area contributed by atoms with E-state index in [1.807, 2.05) is 25.1 Å². The number of methoxy groups -OCH3 is 1. The smallest absolute Gasteiger partial charge is 0.338 e. The number of benzene rings is 2. The van der Waals surface area contributed by atoms with Crippen LogP contribution in [0.5, 0.6) is 5.75 Å². The minimum Gasteiger partial charge on any atom is -0.496 e. The third-order valence-electron chi connectivity index (χ3n) is 6.91. The van der Waals surface area contributed by atoms with E-state index in [4.69, 9.17) is 18.9 Å². The van der Waals surface area contributed by atoms with Gasteiger partial charge in [-0.1, -0.05) is 42.9 Å². The number of aryl methyl sites for hydroxylation is 1. The molecule has 0 N–H and O–H groups in total. The van der Waals surface area contributed by atoms with Crippen LogP contribution in [0.3, 0.4) is 0 Å². The predicted octanol–water partition coefficient (Wildman–Crippen LogP) is 5.06. The highest BCUT2D eigenvalue weighted by Crippen LogP contribution is 2.37. The van der Waals surface area contributed by atoms with Crippen molar-refractivity contribution in [2.75, 3.05) is 13.7 Å². The SMILES string of the molecule is CCCC1=C(C(=O)OCC)C(c2ccccc2OC)n2c(s/c(=C\c3ccc(-c4ccc([N+](=O)[O-])cc4C)o3)c2=O)=N1. The lowest BCUT2D eigenvalue weighted by molar-refractivity contribution is -0.384. The zero-order valence-corrected chi connectivity index (χ0v) is 24.4. The molecule has 4 aromatic rings. The fraction of sp³-hybridized carbons (Fsp3) is 0.258. The second-order valence-electron chi connectivity index (χ2n) is 9.61. The average molecular weight is 588 g/mol. The summed E-state index contributed by atoms with van der Waals surface area (Å²) in [5.41, 5.74) is 2.60. The van der Waals surface area contributed by atoms with Gasteiger partial charge < -0.3 is 13.9 Å². The Morgan fingerprint density at radius 1 is 1.19 bits per heavy atom. The van der Waals surface area contributed by atoms with Crippen LogP contribution in [0.2, 0.25) is 0 Å². The molecule has 1 aliphatic heterocycles. The second kappa shape index (κ2) is 12.0. The molecule has 2 aromatic carbocycles. The van der Waals surface area contributed by atoms with Crippen molar-refractivity contribution in [2.24, 2.45) is 4.99 Å². The first-order valence-electron chi connectivity index (χ1n) is 13.5. The van der Waals surface area contributed by atoms with Crippen LogP contribution in [0.1, 0.15) is 49.6 Å². The van der Waals surface area contributed by atoms with Gasteiger partial charge in [-0.15, -0.1) is 0 Å². The Balaban J connectivity index is 1.66. The number of non-ortho nitro benzene ring substituents is 1. The van der Waals surface area contributed by atoms with Gasteiger partial charge in [-0.3, -0.25) is 19.5 Å². The molecule has 0 saturated carbocycles. The molecule has 0 radical (unpaired) electrons. The van der Waals surface area contributed by atoms with Gasteiger partial charge in [-0.2, -0.15) is 0 Å². The van der Waals surface area contributed by atoms with Gasteiger partial charge in [0.15, 0.2) is 4.80 Å². The summed E-state index contributed by atoms with van der Waals surface area (Å²) >= 11 is 1.20. The van der Waals surface area contributed by atoms with Gasteiger partial charge in [0.05, 0.1) is 34.4 Å². The van der Waals surface area contributed by atoms with Crippen LogP contribution in [0, 0.1) is 17.0 Å². The molecule has 10 nitrogen and oxygen atoms in total. The van der Waals surface area contributed by atoms with Crippen LogP contribution >= 0.6 is 11.3 Å². The molecule has 1 atom stereocenters. The van der Waals surface area contributed by atoms with Gasteiger partial charge in [-0.05, 0) is 50.1 Å². The van der Waals surface area contributed by atoms with E-state index >= 15 is 0 Å². The molecule has 216 valence electrons. The summed E-state index contributed by atoms with van der Waals surface area (Å²) in [5, 5.41) is 11.1. The minimum absolute atomic E-state index is 0.00151. The van der Waals surface area contributed by atoms with Crippen molar-refractivity contribution < 1.29 is 23.6 Å². The molecule has 1 unspecified atom stereocenters. The van der Waals surface area contributed by atoms with Crippen molar-refractivity contribution in [1.29, 1.82) is 0 Å². The number of aromatic nitrogens is 1. The normalized spacial score (nSPS) is 14.9. The van der Waals surface area contributed by atoms with Crippen molar-refractivity contribution in [3.63, 3.8) is 0 Å². The van der Waals surface area contributed by atoms with E-state index in [0.717, 1.165) is 6.42 Å². The zero-order chi connectivity index (χ0) is 30.0. The van der Waals surface area contributed by atoms with Crippen molar-refractivity contribution in [1.82, 2.24) is 4.57 Å². The molecular weight excluding hydrogens is 558 g/mol. The molecule has 3 heterocycles. The number of fused-ring (bicyclic) bond motifs is 1. The van der Waals surface area contributed by atoms with Crippen LogP contribution in [0.15, 0.2) is 80.1 Å². The summed E-state index contributed by atoms with van der Waals surface area (Å²) in [6.07, 6.45) is 2.91. The lowest BCUT2D eigenvalue weighted by atomic mass is 9.93. The molecule has 1 aliphatic rings. The largest absolute Gasteiger partial charge is 0.496 e. The number of hydrogen-bond acceptors (Lipinski definition) is 9. The fourth-order valence-electron chi connectivity index (χ4n) is 5.05. The molecular formula is C31H29N3O7S. The third kappa shape index (κ3) is 5.30. The highest BCUT2D eigenvalue weighted by Gasteiger charge is 2.35. The van der Waals surface area contributed by atoms with Gasteiger partial charge in [0, 0.05) is 29.3 Å². The van der Waals surface area contributed by atoms with Gasteiger partial charge in [0.25, 0.3) is 11.2 Å².